The van der Waals surface area contributed by atoms with Crippen LogP contribution in [0.1, 0.15) is 21.5 Å². The van der Waals surface area contributed by atoms with Gasteiger partial charge in [0.1, 0.15) is 5.82 Å². The minimum Gasteiger partial charge on any atom is -0.398 e. The molecule has 0 radical (unpaired) electrons. The maximum atomic E-state index is 13.1. The predicted molar refractivity (Wildman–Crippen MR) is 63.2 cm³/mol. The molecule has 0 saturated carbocycles. The maximum Gasteiger partial charge on any atom is 0.196 e. The Bertz CT molecular complexity index is 581. The molecule has 0 amide bonds. The lowest BCUT2D eigenvalue weighted by Crippen LogP contribution is -2.06. The van der Waals surface area contributed by atoms with Crippen LogP contribution in [-0.4, -0.2) is 10.8 Å². The summed E-state index contributed by atoms with van der Waals surface area (Å²) < 4.78 is 13.1. The number of aromatic nitrogens is 1. The van der Waals surface area contributed by atoms with Crippen LogP contribution in [0.2, 0.25) is 0 Å². The van der Waals surface area contributed by atoms with Gasteiger partial charge >= 0.3 is 0 Å². The van der Waals surface area contributed by atoms with Gasteiger partial charge in [-0.1, -0.05) is 0 Å². The number of pyridine rings is 1. The highest BCUT2D eigenvalue weighted by molar-refractivity contribution is 6.11. The van der Waals surface area contributed by atoms with Gasteiger partial charge in [0.2, 0.25) is 0 Å². The Morgan fingerprint density at radius 2 is 2.12 bits per heavy atom. The van der Waals surface area contributed by atoms with Crippen LogP contribution < -0.4 is 5.73 Å². The number of carbonyl (C=O) groups is 1. The van der Waals surface area contributed by atoms with Gasteiger partial charge in [-0.25, -0.2) is 4.39 Å². The molecule has 86 valence electrons. The first kappa shape index (κ1) is 11.3. The normalized spacial score (nSPS) is 10.2. The van der Waals surface area contributed by atoms with E-state index in [9.17, 15) is 9.18 Å². The summed E-state index contributed by atoms with van der Waals surface area (Å²) in [6.45, 7) is 1.61. The number of nitrogens with two attached hydrogens (primary N) is 1. The zero-order valence-corrected chi connectivity index (χ0v) is 9.27. The highest BCUT2D eigenvalue weighted by Gasteiger charge is 2.13. The highest BCUT2D eigenvalue weighted by atomic mass is 19.1. The van der Waals surface area contributed by atoms with Crippen molar-refractivity contribution in [3.63, 3.8) is 0 Å². The van der Waals surface area contributed by atoms with Crippen LogP contribution in [0.4, 0.5) is 10.1 Å². The van der Waals surface area contributed by atoms with Crippen LogP contribution in [0, 0.1) is 12.7 Å². The van der Waals surface area contributed by atoms with Crippen LogP contribution in [-0.2, 0) is 0 Å². The second-order valence-corrected chi connectivity index (χ2v) is 3.76. The molecule has 1 heterocycles. The standard InChI is InChI=1S/C13H11FN2O/c1-8-6-9(2-3-11(8)14)13(17)10-7-16-5-4-12(10)15/h2-7H,1H3,(H2,15,16). The molecule has 0 unspecified atom stereocenters. The lowest BCUT2D eigenvalue weighted by Gasteiger charge is -2.05. The first-order chi connectivity index (χ1) is 8.09. The number of benzene rings is 1. The average molecular weight is 230 g/mol. The minimum atomic E-state index is -0.333. The Labute approximate surface area is 98.1 Å². The van der Waals surface area contributed by atoms with E-state index in [4.69, 9.17) is 5.73 Å². The van der Waals surface area contributed by atoms with E-state index in [1.165, 1.54) is 30.6 Å². The van der Waals surface area contributed by atoms with Gasteiger partial charge in [0.25, 0.3) is 0 Å². The van der Waals surface area contributed by atoms with Crippen LogP contribution >= 0.6 is 0 Å². The van der Waals surface area contributed by atoms with Gasteiger partial charge in [-0.3, -0.25) is 9.78 Å². The molecule has 0 fully saturated rings. The zero-order chi connectivity index (χ0) is 12.4. The number of ketones is 1. The number of halogens is 1. The van der Waals surface area contributed by atoms with E-state index in [2.05, 4.69) is 4.98 Å². The summed E-state index contributed by atoms with van der Waals surface area (Å²) in [6.07, 6.45) is 2.93. The van der Waals surface area contributed by atoms with E-state index in [1.54, 1.807) is 13.0 Å². The van der Waals surface area contributed by atoms with Crippen LogP contribution in [0.15, 0.2) is 36.7 Å². The van der Waals surface area contributed by atoms with Crippen molar-refractivity contribution in [2.24, 2.45) is 0 Å². The third-order valence-electron chi connectivity index (χ3n) is 2.52. The summed E-state index contributed by atoms with van der Waals surface area (Å²) in [5, 5.41) is 0. The fourth-order valence-electron chi connectivity index (χ4n) is 1.54. The fraction of sp³-hybridized carbons (Fsp3) is 0.0769. The molecule has 17 heavy (non-hydrogen) atoms. The van der Waals surface area contributed by atoms with E-state index < -0.39 is 0 Å². The molecule has 0 aliphatic carbocycles. The molecule has 2 rings (SSSR count). The number of hydrogen-bond acceptors (Lipinski definition) is 3. The molecule has 4 heteroatoms. The predicted octanol–water partition coefficient (Wildman–Crippen LogP) is 2.34. The van der Waals surface area contributed by atoms with Crippen molar-refractivity contribution in [2.75, 3.05) is 5.73 Å². The lowest BCUT2D eigenvalue weighted by molar-refractivity contribution is 0.103. The maximum absolute atomic E-state index is 13.1. The number of anilines is 1. The smallest absolute Gasteiger partial charge is 0.196 e. The molecule has 0 aliphatic heterocycles. The van der Waals surface area contributed by atoms with Gasteiger partial charge in [-0.2, -0.15) is 0 Å². The Balaban J connectivity index is 2.44. The third kappa shape index (κ3) is 2.15. The van der Waals surface area contributed by atoms with E-state index in [0.29, 0.717) is 22.4 Å². The quantitative estimate of drug-likeness (QED) is 0.805. The molecule has 0 saturated heterocycles. The first-order valence-electron chi connectivity index (χ1n) is 5.10. The third-order valence-corrected chi connectivity index (χ3v) is 2.52. The summed E-state index contributed by atoms with van der Waals surface area (Å²) in [7, 11) is 0. The zero-order valence-electron chi connectivity index (χ0n) is 9.27. The van der Waals surface area contributed by atoms with E-state index in [0.717, 1.165) is 0 Å². The van der Waals surface area contributed by atoms with Crippen molar-refractivity contribution in [3.05, 3.63) is 59.2 Å². The van der Waals surface area contributed by atoms with Gasteiger partial charge in [0.05, 0.1) is 5.56 Å². The molecule has 0 spiro atoms. The van der Waals surface area contributed by atoms with E-state index >= 15 is 0 Å². The molecular weight excluding hydrogens is 219 g/mol. The number of hydrogen-bond donors (Lipinski definition) is 1. The van der Waals surface area contributed by atoms with Gasteiger partial charge in [0.15, 0.2) is 5.78 Å². The summed E-state index contributed by atoms with van der Waals surface area (Å²) in [4.78, 5) is 15.9. The molecule has 2 N–H and O–H groups in total. The Morgan fingerprint density at radius 3 is 2.76 bits per heavy atom. The van der Waals surface area contributed by atoms with Gasteiger partial charge in [0, 0.05) is 23.6 Å². The topological polar surface area (TPSA) is 56.0 Å². The lowest BCUT2D eigenvalue weighted by atomic mass is 10.0. The number of nitrogen functional groups attached to an aromatic ring is 1. The molecule has 1 aromatic heterocycles. The summed E-state index contributed by atoms with van der Waals surface area (Å²) in [6, 6.07) is 5.78. The van der Waals surface area contributed by atoms with Gasteiger partial charge in [-0.15, -0.1) is 0 Å². The summed E-state index contributed by atoms with van der Waals surface area (Å²) in [5.74, 6) is -0.584. The Hall–Kier alpha value is -2.23. The number of carbonyl (C=O) groups excluding carboxylic acids is 1. The van der Waals surface area contributed by atoms with Crippen LogP contribution in [0.3, 0.4) is 0 Å². The van der Waals surface area contributed by atoms with Crippen LogP contribution in [0.25, 0.3) is 0 Å². The average Bonchev–Trinajstić information content (AvgIpc) is 2.32. The van der Waals surface area contributed by atoms with Crippen molar-refractivity contribution < 1.29 is 9.18 Å². The SMILES string of the molecule is Cc1cc(C(=O)c2cnccc2N)ccc1F. The highest BCUT2D eigenvalue weighted by Crippen LogP contribution is 2.17. The number of rotatable bonds is 2. The van der Waals surface area contributed by atoms with Gasteiger partial charge < -0.3 is 5.73 Å². The van der Waals surface area contributed by atoms with Crippen molar-refractivity contribution in [3.8, 4) is 0 Å². The molecule has 1 aromatic carbocycles. The molecule has 2 aromatic rings. The van der Waals surface area contributed by atoms with Crippen molar-refractivity contribution in [1.82, 2.24) is 4.98 Å². The molecule has 0 atom stereocenters. The van der Waals surface area contributed by atoms with E-state index in [1.807, 2.05) is 0 Å². The van der Waals surface area contributed by atoms with Crippen molar-refractivity contribution >= 4 is 11.5 Å². The number of aryl methyl sites for hydroxylation is 1. The summed E-state index contributed by atoms with van der Waals surface area (Å²) >= 11 is 0. The molecule has 3 nitrogen and oxygen atoms in total. The monoisotopic (exact) mass is 230 g/mol. The molecular formula is C13H11FN2O. The number of nitrogens with zero attached hydrogens (tertiary/aromatic N) is 1. The Kier molecular flexibility index (Phi) is 2.87. The Morgan fingerprint density at radius 1 is 1.35 bits per heavy atom. The molecule has 0 aliphatic rings. The first-order valence-corrected chi connectivity index (χ1v) is 5.10. The second kappa shape index (κ2) is 4.33. The van der Waals surface area contributed by atoms with Gasteiger partial charge in [-0.05, 0) is 36.8 Å². The van der Waals surface area contributed by atoms with Crippen molar-refractivity contribution in [1.29, 1.82) is 0 Å². The van der Waals surface area contributed by atoms with Crippen LogP contribution in [0.5, 0.6) is 0 Å². The second-order valence-electron chi connectivity index (χ2n) is 3.76. The largest absolute Gasteiger partial charge is 0.398 e. The summed E-state index contributed by atoms with van der Waals surface area (Å²) in [5.41, 5.74) is 7.23. The van der Waals surface area contributed by atoms with E-state index in [-0.39, 0.29) is 11.6 Å². The minimum absolute atomic E-state index is 0.251. The fourth-order valence-corrected chi connectivity index (χ4v) is 1.54. The molecule has 0 bridgehead atoms. The van der Waals surface area contributed by atoms with Crippen molar-refractivity contribution in [2.45, 2.75) is 6.92 Å².